The fourth-order valence-electron chi connectivity index (χ4n) is 2.53. The molecule has 0 unspecified atom stereocenters. The Kier molecular flexibility index (Phi) is 5.76. The molecule has 0 aliphatic rings. The third-order valence-electron chi connectivity index (χ3n) is 3.87. The standard InChI is InChI=1S/C19H17FN2O5S2/c1-27-18-11-4-3-10-17(18)22-28(23,24)15-8-6-7-14(13-15)21-29(25,26)19-12-5-2-9-16(19)20/h2-13,21-22H,1H3. The van der Waals surface area contributed by atoms with Crippen LogP contribution in [-0.4, -0.2) is 23.9 Å². The van der Waals surface area contributed by atoms with Crippen LogP contribution in [0, 0.1) is 5.82 Å². The molecule has 3 aromatic carbocycles. The van der Waals surface area contributed by atoms with E-state index in [1.807, 2.05) is 0 Å². The maximum atomic E-state index is 13.8. The topological polar surface area (TPSA) is 102 Å². The zero-order valence-electron chi connectivity index (χ0n) is 15.2. The van der Waals surface area contributed by atoms with Crippen molar-refractivity contribution in [1.82, 2.24) is 0 Å². The van der Waals surface area contributed by atoms with Gasteiger partial charge in [-0.2, -0.15) is 0 Å². The van der Waals surface area contributed by atoms with E-state index in [1.165, 1.54) is 43.5 Å². The highest BCUT2D eigenvalue weighted by Gasteiger charge is 2.21. The summed E-state index contributed by atoms with van der Waals surface area (Å²) in [7, 11) is -6.86. The highest BCUT2D eigenvalue weighted by molar-refractivity contribution is 7.93. The van der Waals surface area contributed by atoms with Crippen LogP contribution in [0.15, 0.2) is 82.6 Å². The largest absolute Gasteiger partial charge is 0.495 e. The van der Waals surface area contributed by atoms with Gasteiger partial charge in [-0.25, -0.2) is 21.2 Å². The van der Waals surface area contributed by atoms with Crippen molar-refractivity contribution in [3.8, 4) is 5.75 Å². The van der Waals surface area contributed by atoms with Gasteiger partial charge in [0, 0.05) is 0 Å². The molecule has 0 aliphatic carbocycles. The molecule has 0 saturated carbocycles. The molecule has 0 aliphatic heterocycles. The van der Waals surface area contributed by atoms with Crippen molar-refractivity contribution in [2.75, 3.05) is 16.6 Å². The molecule has 3 aromatic rings. The van der Waals surface area contributed by atoms with E-state index < -0.39 is 30.8 Å². The SMILES string of the molecule is COc1ccccc1NS(=O)(=O)c1cccc(NS(=O)(=O)c2ccccc2F)c1. The third-order valence-corrected chi connectivity index (χ3v) is 6.65. The number of sulfonamides is 2. The van der Waals surface area contributed by atoms with Crippen molar-refractivity contribution in [3.63, 3.8) is 0 Å². The molecule has 10 heteroatoms. The highest BCUT2D eigenvalue weighted by Crippen LogP contribution is 2.27. The molecular formula is C19H17FN2O5S2. The summed E-state index contributed by atoms with van der Waals surface area (Å²) in [5, 5.41) is 0. The van der Waals surface area contributed by atoms with Crippen molar-refractivity contribution in [2.24, 2.45) is 0 Å². The van der Waals surface area contributed by atoms with Crippen molar-refractivity contribution in [1.29, 1.82) is 0 Å². The Bertz CT molecular complexity index is 1240. The van der Waals surface area contributed by atoms with Gasteiger partial charge in [-0.1, -0.05) is 30.3 Å². The third kappa shape index (κ3) is 4.66. The van der Waals surface area contributed by atoms with Crippen LogP contribution in [0.1, 0.15) is 0 Å². The Morgan fingerprint density at radius 2 is 1.48 bits per heavy atom. The number of hydrogen-bond acceptors (Lipinski definition) is 5. The Labute approximate surface area is 168 Å². The monoisotopic (exact) mass is 436 g/mol. The number of halogens is 1. The molecule has 0 radical (unpaired) electrons. The predicted octanol–water partition coefficient (Wildman–Crippen LogP) is 3.44. The molecule has 0 fully saturated rings. The number of nitrogens with one attached hydrogen (secondary N) is 2. The molecule has 152 valence electrons. The number of rotatable bonds is 7. The number of benzene rings is 3. The van der Waals surface area contributed by atoms with Crippen LogP contribution in [-0.2, 0) is 20.0 Å². The zero-order chi connectivity index (χ0) is 21.1. The molecule has 2 N–H and O–H groups in total. The molecule has 3 rings (SSSR count). The van der Waals surface area contributed by atoms with Crippen molar-refractivity contribution >= 4 is 31.4 Å². The Morgan fingerprint density at radius 3 is 2.21 bits per heavy atom. The first-order valence-electron chi connectivity index (χ1n) is 8.26. The summed E-state index contributed by atoms with van der Waals surface area (Å²) in [5.74, 6) is -0.589. The van der Waals surface area contributed by atoms with Gasteiger partial charge in [0.2, 0.25) is 0 Å². The van der Waals surface area contributed by atoms with E-state index in [0.29, 0.717) is 5.75 Å². The maximum absolute atomic E-state index is 13.8. The van der Waals surface area contributed by atoms with Gasteiger partial charge in [0.25, 0.3) is 20.0 Å². The first kappa shape index (κ1) is 20.6. The fourth-order valence-corrected chi connectivity index (χ4v) is 4.78. The Balaban J connectivity index is 1.90. The van der Waals surface area contributed by atoms with Gasteiger partial charge in [-0.3, -0.25) is 9.44 Å². The minimum absolute atomic E-state index is 0.0313. The van der Waals surface area contributed by atoms with E-state index in [1.54, 1.807) is 18.2 Å². The second kappa shape index (κ2) is 8.10. The lowest BCUT2D eigenvalue weighted by Gasteiger charge is -2.13. The number of anilines is 2. The van der Waals surface area contributed by atoms with Gasteiger partial charge in [0.15, 0.2) is 0 Å². The molecule has 0 aromatic heterocycles. The molecule has 0 spiro atoms. The summed E-state index contributed by atoms with van der Waals surface area (Å²) in [6.45, 7) is 0. The average Bonchev–Trinajstić information content (AvgIpc) is 2.68. The van der Waals surface area contributed by atoms with Crippen LogP contribution < -0.4 is 14.2 Å². The van der Waals surface area contributed by atoms with E-state index in [9.17, 15) is 21.2 Å². The average molecular weight is 436 g/mol. The van der Waals surface area contributed by atoms with E-state index in [2.05, 4.69) is 9.44 Å². The van der Waals surface area contributed by atoms with E-state index >= 15 is 0 Å². The molecule has 29 heavy (non-hydrogen) atoms. The van der Waals surface area contributed by atoms with E-state index in [4.69, 9.17) is 4.74 Å². The Morgan fingerprint density at radius 1 is 0.793 bits per heavy atom. The van der Waals surface area contributed by atoms with Gasteiger partial charge in [-0.05, 0) is 42.5 Å². The van der Waals surface area contributed by atoms with E-state index in [-0.39, 0.29) is 16.3 Å². The first-order valence-corrected chi connectivity index (χ1v) is 11.2. The normalized spacial score (nSPS) is 11.7. The van der Waals surface area contributed by atoms with Gasteiger partial charge >= 0.3 is 0 Å². The lowest BCUT2D eigenvalue weighted by molar-refractivity contribution is 0.417. The Hall–Kier alpha value is -3.11. The van der Waals surface area contributed by atoms with Gasteiger partial charge in [-0.15, -0.1) is 0 Å². The number of hydrogen-bond donors (Lipinski definition) is 2. The van der Waals surface area contributed by atoms with Crippen LogP contribution in [0.2, 0.25) is 0 Å². The second-order valence-corrected chi connectivity index (χ2v) is 9.20. The molecule has 0 heterocycles. The van der Waals surface area contributed by atoms with E-state index in [0.717, 1.165) is 18.2 Å². The highest BCUT2D eigenvalue weighted by atomic mass is 32.2. The number of methoxy groups -OCH3 is 1. The molecular weight excluding hydrogens is 419 g/mol. The van der Waals surface area contributed by atoms with Crippen LogP contribution in [0.4, 0.5) is 15.8 Å². The molecule has 0 saturated heterocycles. The lowest BCUT2D eigenvalue weighted by Crippen LogP contribution is -2.16. The minimum Gasteiger partial charge on any atom is -0.495 e. The van der Waals surface area contributed by atoms with Crippen molar-refractivity contribution < 1.29 is 26.0 Å². The van der Waals surface area contributed by atoms with Crippen molar-refractivity contribution in [3.05, 3.63) is 78.6 Å². The second-order valence-electron chi connectivity index (χ2n) is 5.87. The van der Waals surface area contributed by atoms with Crippen molar-refractivity contribution in [2.45, 2.75) is 9.79 Å². The van der Waals surface area contributed by atoms with Gasteiger partial charge in [0.05, 0.1) is 23.4 Å². The zero-order valence-corrected chi connectivity index (χ0v) is 16.8. The first-order chi connectivity index (χ1) is 13.7. The lowest BCUT2D eigenvalue weighted by atomic mass is 10.3. The van der Waals surface area contributed by atoms with Crippen LogP contribution in [0.3, 0.4) is 0 Å². The van der Waals surface area contributed by atoms with Crippen LogP contribution in [0.25, 0.3) is 0 Å². The summed E-state index contributed by atoms with van der Waals surface area (Å²) in [5.41, 5.74) is 0.198. The van der Waals surface area contributed by atoms with Crippen LogP contribution in [0.5, 0.6) is 5.75 Å². The molecule has 0 amide bonds. The smallest absolute Gasteiger partial charge is 0.264 e. The van der Waals surface area contributed by atoms with Crippen LogP contribution >= 0.6 is 0 Å². The summed E-state index contributed by atoms with van der Waals surface area (Å²) in [6.07, 6.45) is 0. The number of para-hydroxylation sites is 2. The maximum Gasteiger partial charge on any atom is 0.264 e. The summed E-state index contributed by atoms with van der Waals surface area (Å²) >= 11 is 0. The van der Waals surface area contributed by atoms with Gasteiger partial charge < -0.3 is 4.74 Å². The summed E-state index contributed by atoms with van der Waals surface area (Å²) in [4.78, 5) is -0.724. The summed E-state index contributed by atoms with van der Waals surface area (Å²) < 4.78 is 73.8. The van der Waals surface area contributed by atoms with Gasteiger partial charge in [0.1, 0.15) is 16.5 Å². The summed E-state index contributed by atoms with van der Waals surface area (Å²) in [6, 6.07) is 16.5. The minimum atomic E-state index is -4.24. The fraction of sp³-hybridized carbons (Fsp3) is 0.0526. The molecule has 7 nitrogen and oxygen atoms in total. The molecule has 0 bridgehead atoms. The molecule has 0 atom stereocenters. The number of ether oxygens (including phenoxy) is 1. The quantitative estimate of drug-likeness (QED) is 0.591. The predicted molar refractivity (Wildman–Crippen MR) is 107 cm³/mol.